The molecular weight excluding hydrogens is 298 g/mol. The van der Waals surface area contributed by atoms with Gasteiger partial charge in [-0.2, -0.15) is 0 Å². The molecule has 112 valence electrons. The van der Waals surface area contributed by atoms with E-state index < -0.39 is 0 Å². The molecule has 4 nitrogen and oxygen atoms in total. The van der Waals surface area contributed by atoms with Crippen molar-refractivity contribution in [2.75, 3.05) is 0 Å². The minimum Gasteiger partial charge on any atom is -0.390 e. The fourth-order valence-corrected chi connectivity index (χ4v) is 2.68. The van der Waals surface area contributed by atoms with Crippen LogP contribution in [-0.2, 0) is 6.61 Å². The lowest BCUT2D eigenvalue weighted by Crippen LogP contribution is -2.03. The standard InChI is InChI=1S/C17H16ClN3O/c1-11-7-8-12(2)16(9-11)21-17(15(10-22)19-20-21)13-5-3-4-6-14(13)18/h3-9,22H,10H2,1-2H3. The van der Waals surface area contributed by atoms with Gasteiger partial charge >= 0.3 is 0 Å². The highest BCUT2D eigenvalue weighted by Crippen LogP contribution is 2.32. The van der Waals surface area contributed by atoms with Crippen LogP contribution in [0.3, 0.4) is 0 Å². The molecule has 3 rings (SSSR count). The molecule has 0 radical (unpaired) electrons. The van der Waals surface area contributed by atoms with E-state index in [0.29, 0.717) is 10.7 Å². The maximum Gasteiger partial charge on any atom is 0.117 e. The van der Waals surface area contributed by atoms with Crippen molar-refractivity contribution in [2.45, 2.75) is 20.5 Å². The Kier molecular flexibility index (Phi) is 3.96. The second-order valence-electron chi connectivity index (χ2n) is 5.22. The monoisotopic (exact) mass is 313 g/mol. The lowest BCUT2D eigenvalue weighted by molar-refractivity contribution is 0.277. The quantitative estimate of drug-likeness (QED) is 0.802. The van der Waals surface area contributed by atoms with Crippen molar-refractivity contribution in [3.8, 4) is 16.9 Å². The van der Waals surface area contributed by atoms with E-state index in [1.54, 1.807) is 4.68 Å². The molecule has 3 aromatic rings. The number of aryl methyl sites for hydroxylation is 2. The topological polar surface area (TPSA) is 50.9 Å². The molecule has 0 amide bonds. The first-order chi connectivity index (χ1) is 10.6. The molecule has 1 aromatic heterocycles. The van der Waals surface area contributed by atoms with Crippen LogP contribution in [-0.4, -0.2) is 20.1 Å². The number of hydrogen-bond donors (Lipinski definition) is 1. The van der Waals surface area contributed by atoms with Crippen LogP contribution in [0, 0.1) is 13.8 Å². The average molecular weight is 314 g/mol. The molecule has 0 atom stereocenters. The summed E-state index contributed by atoms with van der Waals surface area (Å²) in [4.78, 5) is 0. The molecule has 2 aromatic carbocycles. The molecule has 0 saturated heterocycles. The smallest absolute Gasteiger partial charge is 0.117 e. The van der Waals surface area contributed by atoms with E-state index in [9.17, 15) is 5.11 Å². The Balaban J connectivity index is 2.29. The van der Waals surface area contributed by atoms with Gasteiger partial charge in [0.15, 0.2) is 0 Å². The van der Waals surface area contributed by atoms with Crippen LogP contribution in [0.1, 0.15) is 16.8 Å². The fraction of sp³-hybridized carbons (Fsp3) is 0.176. The Morgan fingerprint density at radius 2 is 1.91 bits per heavy atom. The maximum absolute atomic E-state index is 9.60. The summed E-state index contributed by atoms with van der Waals surface area (Å²) in [5, 5.41) is 18.5. The summed E-state index contributed by atoms with van der Waals surface area (Å²) in [6.07, 6.45) is 0. The van der Waals surface area contributed by atoms with Crippen molar-refractivity contribution in [1.82, 2.24) is 15.0 Å². The molecule has 0 aliphatic heterocycles. The number of hydrogen-bond acceptors (Lipinski definition) is 3. The van der Waals surface area contributed by atoms with Crippen LogP contribution in [0.2, 0.25) is 5.02 Å². The predicted octanol–water partition coefficient (Wildman–Crippen LogP) is 3.70. The highest BCUT2D eigenvalue weighted by atomic mass is 35.5. The van der Waals surface area contributed by atoms with E-state index >= 15 is 0 Å². The van der Waals surface area contributed by atoms with E-state index in [0.717, 1.165) is 28.1 Å². The molecule has 1 heterocycles. The van der Waals surface area contributed by atoms with Gasteiger partial charge in [-0.3, -0.25) is 0 Å². The van der Waals surface area contributed by atoms with Gasteiger partial charge in [-0.05, 0) is 37.1 Å². The van der Waals surface area contributed by atoms with Gasteiger partial charge in [0.1, 0.15) is 11.4 Å². The van der Waals surface area contributed by atoms with Crippen LogP contribution in [0.5, 0.6) is 0 Å². The fourth-order valence-electron chi connectivity index (χ4n) is 2.46. The third-order valence-corrected chi connectivity index (χ3v) is 3.94. The molecule has 1 N–H and O–H groups in total. The largest absolute Gasteiger partial charge is 0.390 e. The van der Waals surface area contributed by atoms with Crippen LogP contribution in [0.25, 0.3) is 16.9 Å². The van der Waals surface area contributed by atoms with Crippen molar-refractivity contribution in [1.29, 1.82) is 0 Å². The zero-order valence-electron chi connectivity index (χ0n) is 12.4. The Labute approximate surface area is 134 Å². The molecule has 22 heavy (non-hydrogen) atoms. The van der Waals surface area contributed by atoms with E-state index in [1.165, 1.54) is 0 Å². The first-order valence-electron chi connectivity index (χ1n) is 6.99. The van der Waals surface area contributed by atoms with Crippen LogP contribution < -0.4 is 0 Å². The van der Waals surface area contributed by atoms with E-state index in [4.69, 9.17) is 11.6 Å². The van der Waals surface area contributed by atoms with Gasteiger partial charge in [0.25, 0.3) is 0 Å². The summed E-state index contributed by atoms with van der Waals surface area (Å²) in [6, 6.07) is 13.6. The van der Waals surface area contributed by atoms with Crippen LogP contribution >= 0.6 is 11.6 Å². The summed E-state index contributed by atoms with van der Waals surface area (Å²) < 4.78 is 1.75. The number of benzene rings is 2. The molecular formula is C17H16ClN3O. The lowest BCUT2D eigenvalue weighted by Gasteiger charge is -2.12. The first-order valence-corrected chi connectivity index (χ1v) is 7.37. The minimum absolute atomic E-state index is 0.189. The van der Waals surface area contributed by atoms with Gasteiger partial charge in [0.05, 0.1) is 17.3 Å². The zero-order chi connectivity index (χ0) is 15.7. The second kappa shape index (κ2) is 5.91. The van der Waals surface area contributed by atoms with Crippen molar-refractivity contribution in [3.05, 3.63) is 64.3 Å². The van der Waals surface area contributed by atoms with Crippen LogP contribution in [0.15, 0.2) is 42.5 Å². The molecule has 0 unspecified atom stereocenters. The number of aromatic nitrogens is 3. The number of aliphatic hydroxyl groups is 1. The molecule has 0 saturated carbocycles. The van der Waals surface area contributed by atoms with Gasteiger partial charge in [-0.1, -0.05) is 47.1 Å². The summed E-state index contributed by atoms with van der Waals surface area (Å²) >= 11 is 6.32. The Morgan fingerprint density at radius 1 is 1.14 bits per heavy atom. The van der Waals surface area contributed by atoms with E-state index in [2.05, 4.69) is 16.4 Å². The van der Waals surface area contributed by atoms with Gasteiger partial charge in [-0.25, -0.2) is 4.68 Å². The Hall–Kier alpha value is -2.17. The summed E-state index contributed by atoms with van der Waals surface area (Å²) in [7, 11) is 0. The molecule has 5 heteroatoms. The average Bonchev–Trinajstić information content (AvgIpc) is 2.93. The first kappa shape index (κ1) is 14.8. The number of halogens is 1. The molecule has 0 aliphatic carbocycles. The van der Waals surface area contributed by atoms with Crippen LogP contribution in [0.4, 0.5) is 0 Å². The predicted molar refractivity (Wildman–Crippen MR) is 87.2 cm³/mol. The Bertz CT molecular complexity index is 827. The van der Waals surface area contributed by atoms with E-state index in [1.807, 2.05) is 50.2 Å². The normalized spacial score (nSPS) is 10.9. The van der Waals surface area contributed by atoms with E-state index in [-0.39, 0.29) is 6.61 Å². The zero-order valence-corrected chi connectivity index (χ0v) is 13.2. The molecule has 0 bridgehead atoms. The third kappa shape index (κ3) is 2.51. The lowest BCUT2D eigenvalue weighted by atomic mass is 10.1. The van der Waals surface area contributed by atoms with Crippen molar-refractivity contribution >= 4 is 11.6 Å². The van der Waals surface area contributed by atoms with Gasteiger partial charge < -0.3 is 5.11 Å². The van der Waals surface area contributed by atoms with Gasteiger partial charge in [0, 0.05) is 5.56 Å². The van der Waals surface area contributed by atoms with Crippen molar-refractivity contribution in [2.24, 2.45) is 0 Å². The SMILES string of the molecule is Cc1ccc(C)c(-n2nnc(CO)c2-c2ccccc2Cl)c1. The summed E-state index contributed by atoms with van der Waals surface area (Å²) in [5.74, 6) is 0. The second-order valence-corrected chi connectivity index (χ2v) is 5.63. The summed E-state index contributed by atoms with van der Waals surface area (Å²) in [5.41, 5.74) is 5.18. The number of aliphatic hydroxyl groups excluding tert-OH is 1. The van der Waals surface area contributed by atoms with Gasteiger partial charge in [-0.15, -0.1) is 5.10 Å². The molecule has 0 fully saturated rings. The number of rotatable bonds is 3. The highest BCUT2D eigenvalue weighted by Gasteiger charge is 2.18. The Morgan fingerprint density at radius 3 is 2.64 bits per heavy atom. The third-order valence-electron chi connectivity index (χ3n) is 3.61. The van der Waals surface area contributed by atoms with Crippen molar-refractivity contribution < 1.29 is 5.11 Å². The number of nitrogens with zero attached hydrogens (tertiary/aromatic N) is 3. The minimum atomic E-state index is -0.189. The summed E-state index contributed by atoms with van der Waals surface area (Å²) in [6.45, 7) is 3.86. The van der Waals surface area contributed by atoms with Gasteiger partial charge in [0.2, 0.25) is 0 Å². The maximum atomic E-state index is 9.60. The highest BCUT2D eigenvalue weighted by molar-refractivity contribution is 6.33. The van der Waals surface area contributed by atoms with Crippen molar-refractivity contribution in [3.63, 3.8) is 0 Å². The molecule has 0 spiro atoms. The molecule has 0 aliphatic rings.